The second kappa shape index (κ2) is 6.89. The molecule has 0 saturated carbocycles. The van der Waals surface area contributed by atoms with E-state index in [-0.39, 0.29) is 24.7 Å². The van der Waals surface area contributed by atoms with Crippen molar-refractivity contribution in [3.63, 3.8) is 0 Å². The average molecular weight is 271 g/mol. The van der Waals surface area contributed by atoms with Crippen molar-refractivity contribution in [3.05, 3.63) is 12.2 Å². The molecule has 2 N–H and O–H groups in total. The monoisotopic (exact) mass is 271 g/mol. The molecule has 0 aromatic rings. The van der Waals surface area contributed by atoms with Crippen molar-refractivity contribution in [2.24, 2.45) is 0 Å². The van der Waals surface area contributed by atoms with E-state index in [0.717, 1.165) is 0 Å². The summed E-state index contributed by atoms with van der Waals surface area (Å²) in [4.78, 5) is 33.4. The molecule has 1 fully saturated rings. The number of carbonyl (C=O) groups excluding carboxylic acids is 3. The Morgan fingerprint density at radius 2 is 2.11 bits per heavy atom. The van der Waals surface area contributed by atoms with E-state index in [1.165, 1.54) is 6.92 Å². The Balaban J connectivity index is 2.21. The zero-order chi connectivity index (χ0) is 14.4. The maximum atomic E-state index is 11.5. The number of amides is 1. The molecule has 0 radical (unpaired) electrons. The van der Waals surface area contributed by atoms with Gasteiger partial charge in [-0.05, 0) is 13.3 Å². The number of aliphatic hydroxyl groups is 1. The predicted molar refractivity (Wildman–Crippen MR) is 63.9 cm³/mol. The summed E-state index contributed by atoms with van der Waals surface area (Å²) in [6.45, 7) is 4.29. The predicted octanol–water partition coefficient (Wildman–Crippen LogP) is -0.712. The quantitative estimate of drug-likeness (QED) is 0.488. The number of esters is 2. The number of ether oxygens (including phenoxy) is 2. The fourth-order valence-corrected chi connectivity index (χ4v) is 1.41. The first-order chi connectivity index (χ1) is 8.90. The number of nitrogens with one attached hydrogen (secondary N) is 1. The fourth-order valence-electron chi connectivity index (χ4n) is 1.41. The normalized spacial score (nSPS) is 19.5. The minimum atomic E-state index is -1.11. The maximum absolute atomic E-state index is 11.5. The summed E-state index contributed by atoms with van der Waals surface area (Å²) in [6, 6.07) is -0.655. The zero-order valence-electron chi connectivity index (χ0n) is 10.7. The van der Waals surface area contributed by atoms with Crippen LogP contribution in [0.1, 0.15) is 19.8 Å². The Labute approximate surface area is 110 Å². The lowest BCUT2D eigenvalue weighted by molar-refractivity contribution is -0.152. The standard InChI is InChI=1S/C12H17NO6/c1-7(2)11(16)18-5-8(14)6-19-12(17)9-3-4-10(15)13-9/h8-9,14H,1,3-6H2,2H3,(H,13,15)/t8?,9-/m0/s1. The van der Waals surface area contributed by atoms with Crippen LogP contribution >= 0.6 is 0 Å². The number of rotatable bonds is 6. The summed E-state index contributed by atoms with van der Waals surface area (Å²) < 4.78 is 9.50. The third-order valence-electron chi connectivity index (χ3n) is 2.45. The van der Waals surface area contributed by atoms with E-state index >= 15 is 0 Å². The SMILES string of the molecule is C=C(C)C(=O)OCC(O)COC(=O)[C@@H]1CCC(=O)N1. The summed E-state index contributed by atoms with van der Waals surface area (Å²) in [5.74, 6) is -1.41. The van der Waals surface area contributed by atoms with E-state index in [1.54, 1.807) is 0 Å². The van der Waals surface area contributed by atoms with Crippen LogP contribution in [-0.4, -0.2) is 48.3 Å². The summed E-state index contributed by atoms with van der Waals surface area (Å²) in [7, 11) is 0. The van der Waals surface area contributed by atoms with Gasteiger partial charge in [0, 0.05) is 12.0 Å². The van der Waals surface area contributed by atoms with Crippen LogP contribution in [0.2, 0.25) is 0 Å². The molecule has 0 aromatic heterocycles. The van der Waals surface area contributed by atoms with E-state index in [9.17, 15) is 19.5 Å². The van der Waals surface area contributed by atoms with Gasteiger partial charge in [-0.2, -0.15) is 0 Å². The van der Waals surface area contributed by atoms with E-state index < -0.39 is 24.1 Å². The highest BCUT2D eigenvalue weighted by Crippen LogP contribution is 2.08. The Bertz CT molecular complexity index is 392. The zero-order valence-corrected chi connectivity index (χ0v) is 10.7. The topological polar surface area (TPSA) is 102 Å². The van der Waals surface area contributed by atoms with Crippen LogP contribution < -0.4 is 5.32 Å². The first-order valence-corrected chi connectivity index (χ1v) is 5.87. The maximum Gasteiger partial charge on any atom is 0.333 e. The van der Waals surface area contributed by atoms with Crippen LogP contribution in [0.3, 0.4) is 0 Å². The van der Waals surface area contributed by atoms with Gasteiger partial charge in [-0.3, -0.25) is 4.79 Å². The molecule has 1 amide bonds. The molecule has 106 valence electrons. The molecule has 1 unspecified atom stereocenters. The molecule has 7 heteroatoms. The van der Waals surface area contributed by atoms with Crippen molar-refractivity contribution in [1.82, 2.24) is 5.32 Å². The lowest BCUT2D eigenvalue weighted by Gasteiger charge is -2.14. The van der Waals surface area contributed by atoms with Crippen LogP contribution in [0.15, 0.2) is 12.2 Å². The smallest absolute Gasteiger partial charge is 0.333 e. The second-order valence-electron chi connectivity index (χ2n) is 4.32. The largest absolute Gasteiger partial charge is 0.461 e. The number of hydrogen-bond donors (Lipinski definition) is 2. The van der Waals surface area contributed by atoms with E-state index in [2.05, 4.69) is 11.9 Å². The van der Waals surface area contributed by atoms with Gasteiger partial charge < -0.3 is 19.9 Å². The summed E-state index contributed by atoms with van der Waals surface area (Å²) in [5, 5.41) is 11.9. The van der Waals surface area contributed by atoms with Crippen molar-refractivity contribution >= 4 is 17.8 Å². The van der Waals surface area contributed by atoms with Gasteiger partial charge in [-0.15, -0.1) is 0 Å². The van der Waals surface area contributed by atoms with Crippen molar-refractivity contribution in [3.8, 4) is 0 Å². The molecule has 0 spiro atoms. The second-order valence-corrected chi connectivity index (χ2v) is 4.32. The van der Waals surface area contributed by atoms with E-state index in [1.807, 2.05) is 0 Å². The molecule has 2 atom stereocenters. The van der Waals surface area contributed by atoms with E-state index in [4.69, 9.17) is 9.47 Å². The van der Waals surface area contributed by atoms with Gasteiger partial charge in [0.1, 0.15) is 25.4 Å². The molecule has 0 bridgehead atoms. The molecular weight excluding hydrogens is 254 g/mol. The molecule has 0 aliphatic carbocycles. The lowest BCUT2D eigenvalue weighted by atomic mass is 10.2. The minimum absolute atomic E-state index is 0.196. The Morgan fingerprint density at radius 1 is 1.47 bits per heavy atom. The van der Waals surface area contributed by atoms with Gasteiger partial charge in [0.25, 0.3) is 0 Å². The van der Waals surface area contributed by atoms with Crippen LogP contribution in [-0.2, 0) is 23.9 Å². The highest BCUT2D eigenvalue weighted by molar-refractivity contribution is 5.88. The lowest BCUT2D eigenvalue weighted by Crippen LogP contribution is -2.36. The molecule has 1 aliphatic heterocycles. The summed E-state index contributed by atoms with van der Waals surface area (Å²) in [5.41, 5.74) is 0.220. The molecule has 0 aromatic carbocycles. The highest BCUT2D eigenvalue weighted by atomic mass is 16.6. The van der Waals surface area contributed by atoms with Crippen molar-refractivity contribution in [1.29, 1.82) is 0 Å². The molecular formula is C12H17NO6. The van der Waals surface area contributed by atoms with Crippen molar-refractivity contribution in [2.45, 2.75) is 31.9 Å². The van der Waals surface area contributed by atoms with Gasteiger partial charge in [0.15, 0.2) is 0 Å². The van der Waals surface area contributed by atoms with Gasteiger partial charge in [-0.25, -0.2) is 9.59 Å². The van der Waals surface area contributed by atoms with Gasteiger partial charge in [-0.1, -0.05) is 6.58 Å². The molecule has 1 rings (SSSR count). The Morgan fingerprint density at radius 3 is 2.63 bits per heavy atom. The van der Waals surface area contributed by atoms with Crippen molar-refractivity contribution < 1.29 is 29.0 Å². The van der Waals surface area contributed by atoms with Crippen LogP contribution in [0.4, 0.5) is 0 Å². The Kier molecular flexibility index (Phi) is 5.50. The molecule has 19 heavy (non-hydrogen) atoms. The minimum Gasteiger partial charge on any atom is -0.461 e. The third-order valence-corrected chi connectivity index (χ3v) is 2.45. The molecule has 1 aliphatic rings. The van der Waals surface area contributed by atoms with Crippen LogP contribution in [0, 0.1) is 0 Å². The van der Waals surface area contributed by atoms with Gasteiger partial charge >= 0.3 is 11.9 Å². The average Bonchev–Trinajstić information content (AvgIpc) is 2.79. The van der Waals surface area contributed by atoms with Crippen molar-refractivity contribution in [2.75, 3.05) is 13.2 Å². The third kappa shape index (κ3) is 5.09. The summed E-state index contributed by atoms with van der Waals surface area (Å²) in [6.07, 6.45) is -0.430. The van der Waals surface area contributed by atoms with Crippen LogP contribution in [0.5, 0.6) is 0 Å². The summed E-state index contributed by atoms with van der Waals surface area (Å²) >= 11 is 0. The van der Waals surface area contributed by atoms with Gasteiger partial charge in [0.05, 0.1) is 0 Å². The highest BCUT2D eigenvalue weighted by Gasteiger charge is 2.28. The number of carbonyl (C=O) groups is 3. The molecule has 7 nitrogen and oxygen atoms in total. The Hall–Kier alpha value is -1.89. The molecule has 1 heterocycles. The first-order valence-electron chi connectivity index (χ1n) is 5.87. The fraction of sp³-hybridized carbons (Fsp3) is 0.583. The van der Waals surface area contributed by atoms with Gasteiger partial charge in [0.2, 0.25) is 5.91 Å². The number of aliphatic hydroxyl groups excluding tert-OH is 1. The van der Waals surface area contributed by atoms with E-state index in [0.29, 0.717) is 12.8 Å². The molecule has 1 saturated heterocycles. The van der Waals surface area contributed by atoms with Crippen LogP contribution in [0.25, 0.3) is 0 Å². The number of hydrogen-bond acceptors (Lipinski definition) is 6. The first kappa shape index (κ1) is 15.2.